The predicted octanol–water partition coefficient (Wildman–Crippen LogP) is 2.09. The Morgan fingerprint density at radius 3 is 3.04 bits per heavy atom. The van der Waals surface area contributed by atoms with E-state index in [1.54, 1.807) is 6.07 Å². The van der Waals surface area contributed by atoms with E-state index in [2.05, 4.69) is 28.5 Å². The van der Waals surface area contributed by atoms with Crippen molar-refractivity contribution in [2.75, 3.05) is 25.0 Å². The molecule has 6 nitrogen and oxygen atoms in total. The maximum absolute atomic E-state index is 12.6. The number of ether oxygens (including phenoxy) is 1. The van der Waals surface area contributed by atoms with Crippen molar-refractivity contribution in [1.82, 2.24) is 9.88 Å². The molecule has 1 spiro atoms. The van der Waals surface area contributed by atoms with Crippen molar-refractivity contribution in [3.8, 4) is 6.07 Å². The normalized spacial score (nSPS) is 28.6. The number of nitriles is 1. The summed E-state index contributed by atoms with van der Waals surface area (Å²) < 4.78 is 6.12. The summed E-state index contributed by atoms with van der Waals surface area (Å²) in [5, 5.41) is 12.3. The highest BCUT2D eigenvalue weighted by atomic mass is 16.5. The molecule has 1 amide bonds. The van der Waals surface area contributed by atoms with Gasteiger partial charge in [0, 0.05) is 25.4 Å². The minimum Gasteiger partial charge on any atom is -0.371 e. The van der Waals surface area contributed by atoms with Crippen molar-refractivity contribution in [3.05, 3.63) is 36.0 Å². The number of carbonyl (C=O) groups is 1. The summed E-state index contributed by atoms with van der Waals surface area (Å²) in [4.78, 5) is 18.9. The second kappa shape index (κ2) is 6.49. The van der Waals surface area contributed by atoms with E-state index in [4.69, 9.17) is 10.00 Å². The Bertz CT molecular complexity index is 733. The lowest BCUT2D eigenvalue weighted by atomic mass is 9.97. The van der Waals surface area contributed by atoms with Gasteiger partial charge in [-0.05, 0) is 31.4 Å². The van der Waals surface area contributed by atoms with Gasteiger partial charge in [-0.15, -0.1) is 0 Å². The molecule has 2 fully saturated rings. The maximum atomic E-state index is 12.6. The molecule has 1 aromatic rings. The number of nitrogens with zero attached hydrogens (tertiary/aromatic N) is 3. The third-order valence-corrected chi connectivity index (χ3v) is 5.41. The molecule has 3 heterocycles. The first kappa shape index (κ1) is 16.1. The number of allylic oxidation sites excluding steroid dienone is 2. The van der Waals surface area contributed by atoms with Crippen LogP contribution in [0.5, 0.6) is 0 Å². The summed E-state index contributed by atoms with van der Waals surface area (Å²) >= 11 is 0. The van der Waals surface area contributed by atoms with Gasteiger partial charge in [0.05, 0.1) is 18.2 Å². The van der Waals surface area contributed by atoms with Crippen LogP contribution in [-0.2, 0) is 9.53 Å². The number of carbonyl (C=O) groups excluding carboxylic acids is 1. The summed E-state index contributed by atoms with van der Waals surface area (Å²) in [5.74, 6) is 1.10. The molecule has 3 aliphatic rings. The van der Waals surface area contributed by atoms with Crippen LogP contribution < -0.4 is 5.32 Å². The maximum Gasteiger partial charge on any atom is 0.226 e. The molecule has 130 valence electrons. The van der Waals surface area contributed by atoms with Gasteiger partial charge in [0.25, 0.3) is 0 Å². The van der Waals surface area contributed by atoms with Crippen LogP contribution in [0.3, 0.4) is 0 Å². The molecule has 0 radical (unpaired) electrons. The number of anilines is 1. The first-order valence-corrected chi connectivity index (χ1v) is 8.89. The molecule has 0 bridgehead atoms. The molecule has 2 saturated heterocycles. The molecular weight excluding hydrogens is 316 g/mol. The first-order valence-electron chi connectivity index (χ1n) is 8.89. The molecule has 0 saturated carbocycles. The van der Waals surface area contributed by atoms with Crippen LogP contribution in [0.15, 0.2) is 30.4 Å². The van der Waals surface area contributed by atoms with Gasteiger partial charge in [0.1, 0.15) is 17.6 Å². The summed E-state index contributed by atoms with van der Waals surface area (Å²) in [5.41, 5.74) is 0.174. The van der Waals surface area contributed by atoms with Gasteiger partial charge in [0.15, 0.2) is 0 Å². The second-order valence-electron chi connectivity index (χ2n) is 7.21. The van der Waals surface area contributed by atoms with E-state index >= 15 is 0 Å². The molecule has 0 unspecified atom stereocenters. The third-order valence-electron chi connectivity index (χ3n) is 5.41. The van der Waals surface area contributed by atoms with E-state index < -0.39 is 0 Å². The van der Waals surface area contributed by atoms with E-state index in [9.17, 15) is 4.79 Å². The number of hydrogen-bond acceptors (Lipinski definition) is 5. The van der Waals surface area contributed by atoms with Crippen LogP contribution in [0, 0.1) is 17.2 Å². The van der Waals surface area contributed by atoms with Gasteiger partial charge in [-0.25, -0.2) is 4.98 Å². The van der Waals surface area contributed by atoms with Crippen molar-refractivity contribution in [2.45, 2.75) is 37.3 Å². The SMILES string of the molecule is N#Cc1cccc(N[C@@H]2CO[C@@]3(CCN(C(=O)C4CC=CC4)C3)C2)n1. The van der Waals surface area contributed by atoms with E-state index in [1.165, 1.54) is 0 Å². The summed E-state index contributed by atoms with van der Waals surface area (Å²) in [6.45, 7) is 2.07. The molecule has 0 aromatic carbocycles. The number of amides is 1. The largest absolute Gasteiger partial charge is 0.371 e. The van der Waals surface area contributed by atoms with Crippen molar-refractivity contribution in [3.63, 3.8) is 0 Å². The van der Waals surface area contributed by atoms with Crippen LogP contribution in [0.25, 0.3) is 0 Å². The van der Waals surface area contributed by atoms with Gasteiger partial charge < -0.3 is 15.0 Å². The zero-order valence-corrected chi connectivity index (χ0v) is 14.1. The van der Waals surface area contributed by atoms with Crippen LogP contribution in [0.1, 0.15) is 31.4 Å². The van der Waals surface area contributed by atoms with Crippen LogP contribution >= 0.6 is 0 Å². The van der Waals surface area contributed by atoms with Gasteiger partial charge in [0.2, 0.25) is 5.91 Å². The first-order chi connectivity index (χ1) is 12.2. The number of nitrogens with one attached hydrogen (secondary N) is 1. The standard InChI is InChI=1S/C19H22N4O2/c20-11-15-6-3-7-17(21-15)22-16-10-19(25-12-16)8-9-23(13-19)18(24)14-4-1-2-5-14/h1-3,6-7,14,16H,4-5,8-10,12-13H2,(H,21,22)/t16-,19-/m0/s1. The minimum absolute atomic E-state index is 0.128. The van der Waals surface area contributed by atoms with E-state index in [1.807, 2.05) is 17.0 Å². The highest BCUT2D eigenvalue weighted by Gasteiger charge is 2.47. The molecule has 2 aliphatic heterocycles. The fourth-order valence-corrected chi connectivity index (χ4v) is 4.12. The van der Waals surface area contributed by atoms with E-state index in [0.717, 1.165) is 32.2 Å². The lowest BCUT2D eigenvalue weighted by molar-refractivity contribution is -0.135. The number of aromatic nitrogens is 1. The van der Waals surface area contributed by atoms with Gasteiger partial charge >= 0.3 is 0 Å². The predicted molar refractivity (Wildman–Crippen MR) is 92.7 cm³/mol. The summed E-state index contributed by atoms with van der Waals surface area (Å²) in [6, 6.07) is 7.59. The van der Waals surface area contributed by atoms with Crippen molar-refractivity contribution in [1.29, 1.82) is 5.26 Å². The molecular formula is C19H22N4O2. The monoisotopic (exact) mass is 338 g/mol. The fraction of sp³-hybridized carbons (Fsp3) is 0.526. The number of likely N-dealkylation sites (tertiary alicyclic amines) is 1. The lowest BCUT2D eigenvalue weighted by Crippen LogP contribution is -2.38. The summed E-state index contributed by atoms with van der Waals surface area (Å²) in [7, 11) is 0. The molecule has 2 atom stereocenters. The van der Waals surface area contributed by atoms with Crippen molar-refractivity contribution >= 4 is 11.7 Å². The number of pyridine rings is 1. The zero-order chi connectivity index (χ0) is 17.3. The molecule has 25 heavy (non-hydrogen) atoms. The molecule has 6 heteroatoms. The average Bonchev–Trinajstić information content (AvgIpc) is 3.37. The fourth-order valence-electron chi connectivity index (χ4n) is 4.12. The highest BCUT2D eigenvalue weighted by Crippen LogP contribution is 2.37. The van der Waals surface area contributed by atoms with Gasteiger partial charge in [-0.2, -0.15) is 5.26 Å². The molecule has 4 rings (SSSR count). The Morgan fingerprint density at radius 2 is 2.24 bits per heavy atom. The number of rotatable bonds is 3. The zero-order valence-electron chi connectivity index (χ0n) is 14.1. The van der Waals surface area contributed by atoms with Crippen molar-refractivity contribution in [2.24, 2.45) is 5.92 Å². The van der Waals surface area contributed by atoms with Crippen LogP contribution in [-0.4, -0.2) is 47.1 Å². The Morgan fingerprint density at radius 1 is 1.40 bits per heavy atom. The van der Waals surface area contributed by atoms with Crippen LogP contribution in [0.2, 0.25) is 0 Å². The Hall–Kier alpha value is -2.39. The highest BCUT2D eigenvalue weighted by molar-refractivity contribution is 5.80. The van der Waals surface area contributed by atoms with E-state index in [-0.39, 0.29) is 23.5 Å². The van der Waals surface area contributed by atoms with Crippen molar-refractivity contribution < 1.29 is 9.53 Å². The number of hydrogen-bond donors (Lipinski definition) is 1. The summed E-state index contributed by atoms with van der Waals surface area (Å²) in [6.07, 6.45) is 7.69. The lowest BCUT2D eigenvalue weighted by Gasteiger charge is -2.25. The third kappa shape index (κ3) is 3.24. The minimum atomic E-state index is -0.230. The smallest absolute Gasteiger partial charge is 0.226 e. The van der Waals surface area contributed by atoms with Gasteiger partial charge in [-0.3, -0.25) is 4.79 Å². The molecule has 1 N–H and O–H groups in total. The van der Waals surface area contributed by atoms with E-state index in [0.29, 0.717) is 24.7 Å². The quantitative estimate of drug-likeness (QED) is 0.854. The second-order valence-corrected chi connectivity index (χ2v) is 7.21. The Balaban J connectivity index is 1.35. The van der Waals surface area contributed by atoms with Gasteiger partial charge in [-0.1, -0.05) is 18.2 Å². The average molecular weight is 338 g/mol. The Kier molecular flexibility index (Phi) is 4.18. The molecule has 1 aromatic heterocycles. The topological polar surface area (TPSA) is 78.2 Å². The Labute approximate surface area is 147 Å². The van der Waals surface area contributed by atoms with Crippen LogP contribution in [0.4, 0.5) is 5.82 Å². The molecule has 1 aliphatic carbocycles.